The molecule has 0 spiro atoms. The number of amides is 1. The first kappa shape index (κ1) is 13.3. The largest absolute Gasteiger partial charge is 0.494 e. The normalized spacial score (nSPS) is 10.2. The zero-order chi connectivity index (χ0) is 14.0. The highest BCUT2D eigenvalue weighted by molar-refractivity contribution is 9.10. The van der Waals surface area contributed by atoms with Crippen molar-refractivity contribution in [2.75, 3.05) is 5.32 Å². The van der Waals surface area contributed by atoms with Gasteiger partial charge < -0.3 is 10.4 Å². The highest BCUT2D eigenvalue weighted by Crippen LogP contribution is 2.20. The van der Waals surface area contributed by atoms with Gasteiger partial charge in [0, 0.05) is 17.8 Å². The van der Waals surface area contributed by atoms with E-state index >= 15 is 0 Å². The summed E-state index contributed by atoms with van der Waals surface area (Å²) in [6, 6.07) is 6.13. The molecule has 0 bridgehead atoms. The predicted octanol–water partition coefficient (Wildman–Crippen LogP) is 2.23. The number of carbonyl (C=O) groups excluding carboxylic acids is 1. The van der Waals surface area contributed by atoms with Crippen LogP contribution in [0, 0.1) is 5.82 Å². The summed E-state index contributed by atoms with van der Waals surface area (Å²) in [5, 5.41) is 11.7. The van der Waals surface area contributed by atoms with Crippen LogP contribution in [0.1, 0.15) is 10.4 Å². The molecule has 2 rings (SSSR count). The fourth-order valence-corrected chi connectivity index (χ4v) is 1.82. The second kappa shape index (κ2) is 5.23. The molecule has 7 heteroatoms. The van der Waals surface area contributed by atoms with Crippen LogP contribution in [0.5, 0.6) is 5.88 Å². The molecule has 2 aromatic rings. The number of H-pyrrole nitrogens is 1. The number of pyridine rings is 1. The average Bonchev–Trinajstić information content (AvgIpc) is 2.32. The highest BCUT2D eigenvalue weighted by Gasteiger charge is 2.09. The molecule has 1 aromatic carbocycles. The summed E-state index contributed by atoms with van der Waals surface area (Å²) in [7, 11) is 0. The molecule has 0 aliphatic rings. The summed E-state index contributed by atoms with van der Waals surface area (Å²) in [6.45, 7) is 0. The Balaban J connectivity index is 2.25. The molecule has 0 saturated heterocycles. The highest BCUT2D eigenvalue weighted by atomic mass is 79.9. The van der Waals surface area contributed by atoms with Crippen LogP contribution in [0.4, 0.5) is 10.1 Å². The Morgan fingerprint density at radius 2 is 2.05 bits per heavy atom. The first-order valence-electron chi connectivity index (χ1n) is 5.15. The minimum Gasteiger partial charge on any atom is -0.494 e. The van der Waals surface area contributed by atoms with Crippen LogP contribution in [0.3, 0.4) is 0 Å². The van der Waals surface area contributed by atoms with Gasteiger partial charge in [-0.2, -0.15) is 0 Å². The number of hydrogen-bond acceptors (Lipinski definition) is 3. The fraction of sp³-hybridized carbons (Fsp3) is 0. The van der Waals surface area contributed by atoms with Crippen molar-refractivity contribution in [1.29, 1.82) is 0 Å². The topological polar surface area (TPSA) is 82.2 Å². The Morgan fingerprint density at radius 1 is 1.32 bits per heavy atom. The molecule has 5 nitrogen and oxygen atoms in total. The number of benzene rings is 1. The number of nitrogens with one attached hydrogen (secondary N) is 2. The van der Waals surface area contributed by atoms with Crippen molar-refractivity contribution >= 4 is 27.5 Å². The lowest BCUT2D eigenvalue weighted by Gasteiger charge is -2.06. The number of rotatable bonds is 2. The van der Waals surface area contributed by atoms with E-state index in [1.807, 2.05) is 0 Å². The SMILES string of the molecule is O=C(Nc1ccc(F)c(Br)c1)c1cc(O)[nH]c(=O)c1. The molecule has 0 saturated carbocycles. The molecule has 98 valence electrons. The van der Waals surface area contributed by atoms with Crippen molar-refractivity contribution in [1.82, 2.24) is 4.98 Å². The molecule has 0 atom stereocenters. The van der Waals surface area contributed by atoms with Crippen LogP contribution >= 0.6 is 15.9 Å². The molecule has 1 amide bonds. The zero-order valence-corrected chi connectivity index (χ0v) is 11.0. The van der Waals surface area contributed by atoms with Gasteiger partial charge in [0.2, 0.25) is 0 Å². The molecule has 0 aliphatic carbocycles. The Morgan fingerprint density at radius 3 is 2.68 bits per heavy atom. The molecule has 0 radical (unpaired) electrons. The third-order valence-corrected chi connectivity index (χ3v) is 2.88. The number of aromatic amines is 1. The maximum atomic E-state index is 13.0. The van der Waals surface area contributed by atoms with Gasteiger partial charge in [0.05, 0.1) is 10.0 Å². The van der Waals surface area contributed by atoms with Crippen molar-refractivity contribution in [3.05, 3.63) is 56.5 Å². The first-order valence-corrected chi connectivity index (χ1v) is 5.95. The van der Waals surface area contributed by atoms with Gasteiger partial charge in [0.15, 0.2) is 5.88 Å². The van der Waals surface area contributed by atoms with Crippen LogP contribution in [0.25, 0.3) is 0 Å². The lowest BCUT2D eigenvalue weighted by molar-refractivity contribution is 0.102. The molecule has 19 heavy (non-hydrogen) atoms. The second-order valence-electron chi connectivity index (χ2n) is 3.70. The monoisotopic (exact) mass is 326 g/mol. The van der Waals surface area contributed by atoms with Gasteiger partial charge in [-0.1, -0.05) is 0 Å². The minimum atomic E-state index is -0.592. The number of carbonyl (C=O) groups is 1. The molecule has 1 aromatic heterocycles. The molecule has 0 aliphatic heterocycles. The summed E-state index contributed by atoms with van der Waals surface area (Å²) in [6.07, 6.45) is 0. The number of halogens is 2. The third-order valence-electron chi connectivity index (χ3n) is 2.27. The first-order chi connectivity index (χ1) is 8.95. The summed E-state index contributed by atoms with van der Waals surface area (Å²) < 4.78 is 13.2. The quantitative estimate of drug-likeness (QED) is 0.791. The van der Waals surface area contributed by atoms with Crippen molar-refractivity contribution < 1.29 is 14.3 Å². The van der Waals surface area contributed by atoms with Crippen molar-refractivity contribution in [3.63, 3.8) is 0 Å². The van der Waals surface area contributed by atoms with E-state index in [0.717, 1.165) is 12.1 Å². The van der Waals surface area contributed by atoms with Crippen LogP contribution in [0.15, 0.2) is 39.6 Å². The van der Waals surface area contributed by atoms with Crippen LogP contribution < -0.4 is 10.9 Å². The Bertz CT molecular complexity index is 700. The van der Waals surface area contributed by atoms with E-state index in [1.165, 1.54) is 18.2 Å². The molecular weight excluding hydrogens is 319 g/mol. The lowest BCUT2D eigenvalue weighted by Crippen LogP contribution is -2.15. The Hall–Kier alpha value is -2.15. The van der Waals surface area contributed by atoms with Crippen LogP contribution in [0.2, 0.25) is 0 Å². The Kier molecular flexibility index (Phi) is 3.66. The van der Waals surface area contributed by atoms with E-state index in [-0.39, 0.29) is 10.0 Å². The van der Waals surface area contributed by atoms with Crippen LogP contribution in [-0.2, 0) is 0 Å². The van der Waals surface area contributed by atoms with Crippen molar-refractivity contribution in [2.24, 2.45) is 0 Å². The lowest BCUT2D eigenvalue weighted by atomic mass is 10.2. The average molecular weight is 327 g/mol. The van der Waals surface area contributed by atoms with Crippen molar-refractivity contribution in [3.8, 4) is 5.88 Å². The molecule has 0 unspecified atom stereocenters. The van der Waals surface area contributed by atoms with Gasteiger partial charge in [-0.05, 0) is 34.1 Å². The number of aromatic hydroxyl groups is 1. The number of anilines is 1. The standard InChI is InChI=1S/C12H8BrFN2O3/c13-8-5-7(1-2-9(8)14)15-12(19)6-3-10(17)16-11(18)4-6/h1-5H,(H,15,19)(H2,16,17,18). The maximum Gasteiger partial charge on any atom is 0.256 e. The maximum absolute atomic E-state index is 13.0. The number of hydrogen-bond donors (Lipinski definition) is 3. The predicted molar refractivity (Wildman–Crippen MR) is 70.8 cm³/mol. The van der Waals surface area contributed by atoms with E-state index < -0.39 is 23.2 Å². The van der Waals surface area contributed by atoms with E-state index in [2.05, 4.69) is 26.2 Å². The van der Waals surface area contributed by atoms with Gasteiger partial charge in [-0.3, -0.25) is 14.6 Å². The summed E-state index contributed by atoms with van der Waals surface area (Å²) in [4.78, 5) is 25.1. The van der Waals surface area contributed by atoms with Gasteiger partial charge >= 0.3 is 0 Å². The van der Waals surface area contributed by atoms with E-state index in [1.54, 1.807) is 0 Å². The summed E-state index contributed by atoms with van der Waals surface area (Å²) in [5.41, 5.74) is -0.231. The van der Waals surface area contributed by atoms with Gasteiger partial charge in [0.1, 0.15) is 5.82 Å². The molecule has 1 heterocycles. The van der Waals surface area contributed by atoms with Gasteiger partial charge in [-0.25, -0.2) is 4.39 Å². The Labute approximate surface area is 115 Å². The fourth-order valence-electron chi connectivity index (χ4n) is 1.44. The molecule has 3 N–H and O–H groups in total. The van der Waals surface area contributed by atoms with E-state index in [9.17, 15) is 19.1 Å². The molecular formula is C12H8BrFN2O3. The molecule has 0 fully saturated rings. The second-order valence-corrected chi connectivity index (χ2v) is 4.56. The number of aromatic nitrogens is 1. The minimum absolute atomic E-state index is 0.00157. The van der Waals surface area contributed by atoms with E-state index in [4.69, 9.17) is 0 Å². The zero-order valence-electron chi connectivity index (χ0n) is 9.41. The summed E-state index contributed by atoms with van der Waals surface area (Å²) in [5.74, 6) is -1.44. The van der Waals surface area contributed by atoms with E-state index in [0.29, 0.717) is 5.69 Å². The van der Waals surface area contributed by atoms with Gasteiger partial charge in [0.25, 0.3) is 11.5 Å². The third kappa shape index (κ3) is 3.19. The summed E-state index contributed by atoms with van der Waals surface area (Å²) >= 11 is 2.99. The van der Waals surface area contributed by atoms with Gasteiger partial charge in [-0.15, -0.1) is 0 Å². The van der Waals surface area contributed by atoms with Crippen LogP contribution in [-0.4, -0.2) is 16.0 Å². The smallest absolute Gasteiger partial charge is 0.256 e. The van der Waals surface area contributed by atoms with Crippen molar-refractivity contribution in [2.45, 2.75) is 0 Å².